The molecule has 1 saturated heterocycles. The maximum atomic E-state index is 11.8. The fraction of sp³-hybridized carbons (Fsp3) is 0.769. The summed E-state index contributed by atoms with van der Waals surface area (Å²) in [5.41, 5.74) is 0. The van der Waals surface area contributed by atoms with Crippen LogP contribution in [0.3, 0.4) is 0 Å². The first-order valence-electron chi connectivity index (χ1n) is 7.18. The van der Waals surface area contributed by atoms with Crippen LogP contribution in [-0.4, -0.2) is 51.5 Å². The topological polar surface area (TPSA) is 63.1 Å². The third-order valence-electron chi connectivity index (χ3n) is 3.88. The van der Waals surface area contributed by atoms with Crippen molar-refractivity contribution in [1.29, 1.82) is 0 Å². The SMILES string of the molecule is O=C(NC1CCCN(CCn2nccn2)C1)C1CC1. The summed E-state index contributed by atoms with van der Waals surface area (Å²) in [4.78, 5) is 15.9. The van der Waals surface area contributed by atoms with Crippen molar-refractivity contribution in [2.45, 2.75) is 38.3 Å². The third-order valence-corrected chi connectivity index (χ3v) is 3.88. The van der Waals surface area contributed by atoms with Gasteiger partial charge in [0.1, 0.15) is 0 Å². The van der Waals surface area contributed by atoms with E-state index in [4.69, 9.17) is 0 Å². The van der Waals surface area contributed by atoms with Crippen LogP contribution in [0.1, 0.15) is 25.7 Å². The first-order valence-corrected chi connectivity index (χ1v) is 7.18. The zero-order valence-electron chi connectivity index (χ0n) is 11.2. The Bertz CT molecular complexity index is 415. The highest BCUT2D eigenvalue weighted by Crippen LogP contribution is 2.29. The number of likely N-dealkylation sites (tertiary alicyclic amines) is 1. The van der Waals surface area contributed by atoms with E-state index in [9.17, 15) is 4.79 Å². The molecule has 2 fully saturated rings. The molecule has 1 saturated carbocycles. The Morgan fingerprint density at radius 3 is 2.74 bits per heavy atom. The molecule has 6 heteroatoms. The summed E-state index contributed by atoms with van der Waals surface area (Å²) >= 11 is 0. The Hall–Kier alpha value is -1.43. The van der Waals surface area contributed by atoms with Gasteiger partial charge in [0.05, 0.1) is 18.9 Å². The number of nitrogens with one attached hydrogen (secondary N) is 1. The van der Waals surface area contributed by atoms with Gasteiger partial charge in [-0.3, -0.25) is 9.69 Å². The molecular formula is C13H21N5O. The molecule has 0 radical (unpaired) electrons. The van der Waals surface area contributed by atoms with Crippen LogP contribution in [0.2, 0.25) is 0 Å². The van der Waals surface area contributed by atoms with E-state index in [-0.39, 0.29) is 5.91 Å². The van der Waals surface area contributed by atoms with E-state index in [1.54, 1.807) is 17.2 Å². The van der Waals surface area contributed by atoms with Crippen LogP contribution >= 0.6 is 0 Å². The smallest absolute Gasteiger partial charge is 0.223 e. The highest BCUT2D eigenvalue weighted by atomic mass is 16.2. The molecule has 1 aromatic rings. The van der Waals surface area contributed by atoms with Crippen molar-refractivity contribution in [2.75, 3.05) is 19.6 Å². The van der Waals surface area contributed by atoms with E-state index in [2.05, 4.69) is 20.4 Å². The number of hydrogen-bond acceptors (Lipinski definition) is 4. The standard InChI is InChI=1S/C13H21N5O/c19-13(11-3-4-11)16-12-2-1-7-17(10-12)8-9-18-14-5-6-15-18/h5-6,11-12H,1-4,7-10H2,(H,16,19). The largest absolute Gasteiger partial charge is 0.352 e. The van der Waals surface area contributed by atoms with E-state index in [0.717, 1.165) is 51.9 Å². The quantitative estimate of drug-likeness (QED) is 0.828. The molecule has 2 aliphatic rings. The number of nitrogens with zero attached hydrogens (tertiary/aromatic N) is 4. The van der Waals surface area contributed by atoms with E-state index >= 15 is 0 Å². The van der Waals surface area contributed by atoms with Gasteiger partial charge in [-0.2, -0.15) is 15.0 Å². The van der Waals surface area contributed by atoms with E-state index < -0.39 is 0 Å². The molecule has 1 aromatic heterocycles. The summed E-state index contributed by atoms with van der Waals surface area (Å²) in [6, 6.07) is 0.326. The normalized spacial score (nSPS) is 24.3. The Morgan fingerprint density at radius 1 is 1.21 bits per heavy atom. The summed E-state index contributed by atoms with van der Waals surface area (Å²) in [6.45, 7) is 3.83. The van der Waals surface area contributed by atoms with Gasteiger partial charge >= 0.3 is 0 Å². The van der Waals surface area contributed by atoms with Gasteiger partial charge in [0.15, 0.2) is 0 Å². The Balaban J connectivity index is 1.43. The molecule has 1 atom stereocenters. The second-order valence-electron chi connectivity index (χ2n) is 5.55. The van der Waals surface area contributed by atoms with Gasteiger partial charge < -0.3 is 5.32 Å². The minimum atomic E-state index is 0.264. The van der Waals surface area contributed by atoms with Gasteiger partial charge in [-0.25, -0.2) is 0 Å². The summed E-state index contributed by atoms with van der Waals surface area (Å²) in [5, 5.41) is 11.4. The van der Waals surface area contributed by atoms with Crippen LogP contribution in [0.4, 0.5) is 0 Å². The number of aromatic nitrogens is 3. The molecule has 1 aliphatic heterocycles. The van der Waals surface area contributed by atoms with Crippen molar-refractivity contribution in [3.63, 3.8) is 0 Å². The van der Waals surface area contributed by atoms with Crippen molar-refractivity contribution < 1.29 is 4.79 Å². The molecule has 104 valence electrons. The first kappa shape index (κ1) is 12.6. The predicted octanol–water partition coefficient (Wildman–Crippen LogP) is 0.269. The van der Waals surface area contributed by atoms with Crippen LogP contribution in [0, 0.1) is 5.92 Å². The van der Waals surface area contributed by atoms with Gasteiger partial charge in [-0.1, -0.05) is 0 Å². The zero-order chi connectivity index (χ0) is 13.1. The predicted molar refractivity (Wildman–Crippen MR) is 70.4 cm³/mol. The number of piperidine rings is 1. The Kier molecular flexibility index (Phi) is 3.77. The lowest BCUT2D eigenvalue weighted by Crippen LogP contribution is -2.48. The summed E-state index contributed by atoms with van der Waals surface area (Å²) in [7, 11) is 0. The van der Waals surface area contributed by atoms with Crippen LogP contribution in [-0.2, 0) is 11.3 Å². The second-order valence-corrected chi connectivity index (χ2v) is 5.55. The lowest BCUT2D eigenvalue weighted by atomic mass is 10.1. The minimum Gasteiger partial charge on any atom is -0.352 e. The molecule has 3 rings (SSSR count). The van der Waals surface area contributed by atoms with Crippen LogP contribution in [0.25, 0.3) is 0 Å². The van der Waals surface area contributed by atoms with Gasteiger partial charge in [0.2, 0.25) is 5.91 Å². The number of carbonyl (C=O) groups excluding carboxylic acids is 1. The molecule has 0 spiro atoms. The van der Waals surface area contributed by atoms with Crippen molar-refractivity contribution >= 4 is 5.91 Å². The van der Waals surface area contributed by atoms with Crippen molar-refractivity contribution in [3.8, 4) is 0 Å². The molecule has 0 aromatic carbocycles. The molecular weight excluding hydrogens is 242 g/mol. The van der Waals surface area contributed by atoms with Gasteiger partial charge in [0, 0.05) is 25.0 Å². The molecule has 19 heavy (non-hydrogen) atoms. The second kappa shape index (κ2) is 5.69. The Labute approximate surface area is 113 Å². The van der Waals surface area contributed by atoms with E-state index in [0.29, 0.717) is 12.0 Å². The van der Waals surface area contributed by atoms with Crippen LogP contribution in [0.5, 0.6) is 0 Å². The van der Waals surface area contributed by atoms with Crippen molar-refractivity contribution in [2.24, 2.45) is 5.92 Å². The van der Waals surface area contributed by atoms with E-state index in [1.165, 1.54) is 0 Å². The van der Waals surface area contributed by atoms with Crippen molar-refractivity contribution in [1.82, 2.24) is 25.2 Å². The molecule has 2 heterocycles. The van der Waals surface area contributed by atoms with E-state index in [1.807, 2.05) is 0 Å². The number of carbonyl (C=O) groups is 1. The van der Waals surface area contributed by atoms with Gasteiger partial charge in [0.25, 0.3) is 0 Å². The molecule has 0 bridgehead atoms. The lowest BCUT2D eigenvalue weighted by Gasteiger charge is -2.33. The first-order chi connectivity index (χ1) is 9.31. The number of amides is 1. The summed E-state index contributed by atoms with van der Waals surface area (Å²) in [6.07, 6.45) is 7.82. The monoisotopic (exact) mass is 263 g/mol. The highest BCUT2D eigenvalue weighted by molar-refractivity contribution is 5.81. The molecule has 1 unspecified atom stereocenters. The number of hydrogen-bond donors (Lipinski definition) is 1. The fourth-order valence-electron chi connectivity index (χ4n) is 2.63. The molecule has 1 aliphatic carbocycles. The maximum absolute atomic E-state index is 11.8. The Morgan fingerprint density at radius 2 is 2.00 bits per heavy atom. The molecule has 1 N–H and O–H groups in total. The third kappa shape index (κ3) is 3.53. The zero-order valence-corrected chi connectivity index (χ0v) is 11.2. The van der Waals surface area contributed by atoms with Crippen molar-refractivity contribution in [3.05, 3.63) is 12.4 Å². The average molecular weight is 263 g/mol. The molecule has 1 amide bonds. The van der Waals surface area contributed by atoms with Gasteiger partial charge in [-0.15, -0.1) is 0 Å². The summed E-state index contributed by atoms with van der Waals surface area (Å²) < 4.78 is 0. The maximum Gasteiger partial charge on any atom is 0.223 e. The highest BCUT2D eigenvalue weighted by Gasteiger charge is 2.31. The fourth-order valence-corrected chi connectivity index (χ4v) is 2.63. The average Bonchev–Trinajstić information content (AvgIpc) is 3.14. The lowest BCUT2D eigenvalue weighted by molar-refractivity contribution is -0.123. The number of rotatable bonds is 5. The molecule has 6 nitrogen and oxygen atoms in total. The van der Waals surface area contributed by atoms with Gasteiger partial charge in [-0.05, 0) is 32.2 Å². The van der Waals surface area contributed by atoms with Crippen LogP contribution < -0.4 is 5.32 Å². The summed E-state index contributed by atoms with van der Waals surface area (Å²) in [5.74, 6) is 0.573. The minimum absolute atomic E-state index is 0.264. The van der Waals surface area contributed by atoms with Crippen LogP contribution in [0.15, 0.2) is 12.4 Å².